The number of allylic oxidation sites excluding steroid dienone is 8. The van der Waals surface area contributed by atoms with E-state index in [0.717, 1.165) is 51.4 Å². The molecule has 0 heterocycles. The van der Waals surface area contributed by atoms with Gasteiger partial charge in [0.25, 0.3) is 0 Å². The van der Waals surface area contributed by atoms with Crippen LogP contribution in [-0.2, 0) is 0 Å². The Labute approximate surface area is 199 Å². The zero-order chi connectivity index (χ0) is 23.9. The van der Waals surface area contributed by atoms with Crippen molar-refractivity contribution in [3.63, 3.8) is 0 Å². The van der Waals surface area contributed by atoms with Crippen molar-refractivity contribution in [2.75, 3.05) is 0 Å². The smallest absolute Gasteiger partial charge is 0.0594 e. The molecular weight excluding hydrogens is 388 g/mol. The van der Waals surface area contributed by atoms with E-state index >= 15 is 0 Å². The molecule has 0 radical (unpaired) electrons. The van der Waals surface area contributed by atoms with Gasteiger partial charge in [-0.3, -0.25) is 0 Å². The second-order valence-corrected chi connectivity index (χ2v) is 11.7. The zero-order valence-electron chi connectivity index (χ0n) is 22.0. The lowest BCUT2D eigenvalue weighted by atomic mass is 9.46. The third-order valence-electron chi connectivity index (χ3n) is 8.69. The largest absolute Gasteiger partial charge is 0.393 e. The van der Waals surface area contributed by atoms with Gasteiger partial charge in [-0.15, -0.1) is 0 Å². The van der Waals surface area contributed by atoms with Gasteiger partial charge in [0.2, 0.25) is 0 Å². The van der Waals surface area contributed by atoms with Gasteiger partial charge in [-0.25, -0.2) is 0 Å². The summed E-state index contributed by atoms with van der Waals surface area (Å²) in [5, 5.41) is 10.7. The van der Waals surface area contributed by atoms with E-state index in [-0.39, 0.29) is 16.9 Å². The fraction of sp³-hybridized carbons (Fsp3) is 0.677. The molecule has 0 bridgehead atoms. The Morgan fingerprint density at radius 1 is 1.00 bits per heavy atom. The number of rotatable bonds is 10. The average Bonchev–Trinajstić information content (AvgIpc) is 2.71. The molecule has 180 valence electrons. The highest BCUT2D eigenvalue weighted by Gasteiger charge is 2.55. The van der Waals surface area contributed by atoms with Crippen LogP contribution in [0.25, 0.3) is 0 Å². The normalized spacial score (nSPS) is 30.6. The highest BCUT2D eigenvalue weighted by Crippen LogP contribution is 2.61. The SMILES string of the molecule is C=C/C(=C\CC/C(C)=C/CCC1C(=C)CCC2C(C)(C)[C@@H](O)CC[C@]12C)CCC=C(C)C. The van der Waals surface area contributed by atoms with Crippen LogP contribution in [0.5, 0.6) is 0 Å². The fourth-order valence-corrected chi connectivity index (χ4v) is 6.60. The number of hydrogen-bond acceptors (Lipinski definition) is 1. The Balaban J connectivity index is 1.91. The van der Waals surface area contributed by atoms with Crippen LogP contribution in [0.4, 0.5) is 0 Å². The predicted octanol–water partition coefficient (Wildman–Crippen LogP) is 9.12. The summed E-state index contributed by atoms with van der Waals surface area (Å²) in [6, 6.07) is 0. The van der Waals surface area contributed by atoms with Crippen LogP contribution in [0, 0.1) is 22.7 Å². The lowest BCUT2D eigenvalue weighted by molar-refractivity contribution is -0.124. The minimum Gasteiger partial charge on any atom is -0.393 e. The van der Waals surface area contributed by atoms with Crippen LogP contribution >= 0.6 is 0 Å². The Kier molecular flexibility index (Phi) is 9.83. The Hall–Kier alpha value is -1.34. The molecule has 0 spiro atoms. The maximum Gasteiger partial charge on any atom is 0.0594 e. The summed E-state index contributed by atoms with van der Waals surface area (Å²) < 4.78 is 0. The van der Waals surface area contributed by atoms with Crippen LogP contribution in [-0.4, -0.2) is 11.2 Å². The average molecular weight is 439 g/mol. The van der Waals surface area contributed by atoms with Gasteiger partial charge >= 0.3 is 0 Å². The Morgan fingerprint density at radius 3 is 2.34 bits per heavy atom. The minimum absolute atomic E-state index is 0.0124. The molecule has 0 saturated heterocycles. The molecule has 32 heavy (non-hydrogen) atoms. The van der Waals surface area contributed by atoms with E-state index in [1.807, 2.05) is 6.08 Å². The molecular formula is C31H50O. The van der Waals surface area contributed by atoms with E-state index in [2.05, 4.69) is 72.9 Å². The number of aliphatic hydroxyl groups is 1. The molecule has 4 atom stereocenters. The monoisotopic (exact) mass is 438 g/mol. The van der Waals surface area contributed by atoms with E-state index in [1.54, 1.807) is 0 Å². The van der Waals surface area contributed by atoms with Gasteiger partial charge in [0.05, 0.1) is 6.10 Å². The van der Waals surface area contributed by atoms with E-state index in [0.29, 0.717) is 11.8 Å². The molecule has 0 aromatic heterocycles. The summed E-state index contributed by atoms with van der Waals surface area (Å²) in [5.74, 6) is 1.17. The molecule has 2 rings (SSSR count). The van der Waals surface area contributed by atoms with Gasteiger partial charge in [0, 0.05) is 0 Å². The second kappa shape index (κ2) is 11.7. The lowest BCUT2D eigenvalue weighted by Gasteiger charge is -2.59. The minimum atomic E-state index is -0.162. The van der Waals surface area contributed by atoms with Gasteiger partial charge in [0.1, 0.15) is 0 Å². The van der Waals surface area contributed by atoms with Crippen LogP contribution in [0.2, 0.25) is 0 Å². The van der Waals surface area contributed by atoms with E-state index in [4.69, 9.17) is 0 Å². The molecule has 2 fully saturated rings. The summed E-state index contributed by atoms with van der Waals surface area (Å²) in [4.78, 5) is 0. The van der Waals surface area contributed by atoms with E-state index in [9.17, 15) is 5.11 Å². The molecule has 1 N–H and O–H groups in total. The summed E-state index contributed by atoms with van der Waals surface area (Å²) >= 11 is 0. The standard InChI is InChI=1S/C31H50O/c1-9-26(16-10-13-23(2)3)17-11-14-24(4)15-12-18-27-25(5)19-20-28-30(6,7)29(32)21-22-31(27,28)8/h9,13,15,17,27-29,32H,1,5,10-12,14,16,18-22H2,2-4,6-8H3/b24-15+,26-17+/t27?,28?,29-,31+/m0/s1. The first-order chi connectivity index (χ1) is 15.0. The van der Waals surface area contributed by atoms with Crippen molar-refractivity contribution < 1.29 is 5.11 Å². The van der Waals surface area contributed by atoms with Crippen LogP contribution in [0.3, 0.4) is 0 Å². The maximum absolute atomic E-state index is 10.7. The Morgan fingerprint density at radius 2 is 1.69 bits per heavy atom. The number of fused-ring (bicyclic) bond motifs is 1. The molecule has 2 unspecified atom stereocenters. The third kappa shape index (κ3) is 6.60. The van der Waals surface area contributed by atoms with Gasteiger partial charge in [-0.2, -0.15) is 0 Å². The molecule has 0 aliphatic heterocycles. The summed E-state index contributed by atoms with van der Waals surface area (Å²) in [7, 11) is 0. The third-order valence-corrected chi connectivity index (χ3v) is 8.69. The van der Waals surface area contributed by atoms with Crippen molar-refractivity contribution in [3.05, 3.63) is 59.8 Å². The van der Waals surface area contributed by atoms with Crippen molar-refractivity contribution in [3.8, 4) is 0 Å². The van der Waals surface area contributed by atoms with Crippen LogP contribution < -0.4 is 0 Å². The van der Waals surface area contributed by atoms with Crippen molar-refractivity contribution in [2.45, 2.75) is 112 Å². The molecule has 0 aromatic carbocycles. The maximum atomic E-state index is 10.7. The lowest BCUT2D eigenvalue weighted by Crippen LogP contribution is -2.54. The van der Waals surface area contributed by atoms with Crippen molar-refractivity contribution >= 4 is 0 Å². The topological polar surface area (TPSA) is 20.2 Å². The summed E-state index contributed by atoms with van der Waals surface area (Å²) in [6.45, 7) is 22.2. The van der Waals surface area contributed by atoms with Gasteiger partial charge in [-0.1, -0.05) is 80.5 Å². The van der Waals surface area contributed by atoms with E-state index < -0.39 is 0 Å². The van der Waals surface area contributed by atoms with Gasteiger partial charge in [-0.05, 0) is 108 Å². The molecule has 1 nitrogen and oxygen atoms in total. The number of hydrogen-bond donors (Lipinski definition) is 1. The molecule has 0 amide bonds. The summed E-state index contributed by atoms with van der Waals surface area (Å²) in [6.07, 6.45) is 20.2. The number of aliphatic hydroxyl groups excluding tert-OH is 1. The van der Waals surface area contributed by atoms with E-state index in [1.165, 1.54) is 35.1 Å². The van der Waals surface area contributed by atoms with Crippen molar-refractivity contribution in [1.82, 2.24) is 0 Å². The fourth-order valence-electron chi connectivity index (χ4n) is 6.60. The molecule has 2 aliphatic rings. The first kappa shape index (κ1) is 26.9. The van der Waals surface area contributed by atoms with Gasteiger partial charge in [0.15, 0.2) is 0 Å². The van der Waals surface area contributed by atoms with Crippen molar-refractivity contribution in [1.29, 1.82) is 0 Å². The molecule has 0 aromatic rings. The predicted molar refractivity (Wildman–Crippen MR) is 142 cm³/mol. The zero-order valence-corrected chi connectivity index (χ0v) is 22.0. The molecule has 1 heteroatoms. The first-order valence-electron chi connectivity index (χ1n) is 13.0. The Bertz CT molecular complexity index is 742. The van der Waals surface area contributed by atoms with Crippen molar-refractivity contribution in [2.24, 2.45) is 22.7 Å². The quantitative estimate of drug-likeness (QED) is 0.266. The molecule has 2 aliphatic carbocycles. The highest BCUT2D eigenvalue weighted by atomic mass is 16.3. The van der Waals surface area contributed by atoms with Crippen LogP contribution in [0.15, 0.2) is 59.8 Å². The molecule has 2 saturated carbocycles. The van der Waals surface area contributed by atoms with Gasteiger partial charge < -0.3 is 5.11 Å². The second-order valence-electron chi connectivity index (χ2n) is 11.7. The highest BCUT2D eigenvalue weighted by molar-refractivity contribution is 5.19. The first-order valence-corrected chi connectivity index (χ1v) is 13.0. The summed E-state index contributed by atoms with van der Waals surface area (Å²) in [5.41, 5.74) is 6.01. The van der Waals surface area contributed by atoms with Crippen LogP contribution in [0.1, 0.15) is 106 Å².